The van der Waals surface area contributed by atoms with E-state index in [0.29, 0.717) is 5.88 Å². The summed E-state index contributed by atoms with van der Waals surface area (Å²) in [5.74, 6) is 0.644. The maximum Gasteiger partial charge on any atom is 0.0674 e. The Morgan fingerprint density at radius 1 is 1.04 bits per heavy atom. The highest BCUT2D eigenvalue weighted by molar-refractivity contribution is 6.18. The summed E-state index contributed by atoms with van der Waals surface area (Å²) in [5.41, 5.74) is 5.83. The fraction of sp³-hybridized carbons (Fsp3) is 0.318. The van der Waals surface area contributed by atoms with Crippen LogP contribution >= 0.6 is 11.6 Å². The molecule has 1 aliphatic rings. The van der Waals surface area contributed by atoms with Crippen LogP contribution < -0.4 is 4.90 Å². The van der Waals surface area contributed by atoms with Crippen molar-refractivity contribution in [2.45, 2.75) is 26.2 Å². The van der Waals surface area contributed by atoms with Crippen molar-refractivity contribution in [1.29, 1.82) is 0 Å². The highest BCUT2D eigenvalue weighted by Gasteiger charge is 2.32. The van der Waals surface area contributed by atoms with E-state index >= 15 is 0 Å². The van der Waals surface area contributed by atoms with Gasteiger partial charge in [0.25, 0.3) is 0 Å². The SMILES string of the molecule is CCN(CCCl)c1ccc(C=CC2=Nc3ccccc3C2(C)C)cc1. The summed E-state index contributed by atoms with van der Waals surface area (Å²) >= 11 is 5.88. The monoisotopic (exact) mass is 352 g/mol. The van der Waals surface area contributed by atoms with Gasteiger partial charge in [0.15, 0.2) is 0 Å². The van der Waals surface area contributed by atoms with E-state index in [1.165, 1.54) is 16.8 Å². The van der Waals surface area contributed by atoms with Gasteiger partial charge in [-0.1, -0.05) is 50.3 Å². The fourth-order valence-electron chi connectivity index (χ4n) is 3.30. The van der Waals surface area contributed by atoms with Crippen LogP contribution in [-0.4, -0.2) is 24.7 Å². The number of halogens is 1. The molecule has 0 saturated heterocycles. The number of alkyl halides is 1. The van der Waals surface area contributed by atoms with Crippen LogP contribution in [0.25, 0.3) is 6.08 Å². The van der Waals surface area contributed by atoms with Crippen molar-refractivity contribution < 1.29 is 0 Å². The van der Waals surface area contributed by atoms with Crippen LogP contribution in [0.15, 0.2) is 59.6 Å². The molecule has 2 aromatic rings. The molecule has 0 spiro atoms. The first kappa shape index (κ1) is 17.8. The van der Waals surface area contributed by atoms with Crippen LogP contribution in [-0.2, 0) is 5.41 Å². The van der Waals surface area contributed by atoms with Crippen LogP contribution in [0, 0.1) is 0 Å². The van der Waals surface area contributed by atoms with Crippen molar-refractivity contribution in [3.63, 3.8) is 0 Å². The number of fused-ring (bicyclic) bond motifs is 1. The first-order valence-corrected chi connectivity index (χ1v) is 9.37. The number of allylic oxidation sites excluding steroid dienone is 1. The van der Waals surface area contributed by atoms with E-state index in [0.717, 1.165) is 24.5 Å². The molecule has 0 aliphatic carbocycles. The topological polar surface area (TPSA) is 15.6 Å². The molecular weight excluding hydrogens is 328 g/mol. The Hall–Kier alpha value is -2.06. The number of para-hydroxylation sites is 1. The minimum Gasteiger partial charge on any atom is -0.371 e. The molecule has 2 nitrogen and oxygen atoms in total. The first-order chi connectivity index (χ1) is 12.1. The van der Waals surface area contributed by atoms with E-state index in [2.05, 4.69) is 80.3 Å². The standard InChI is InChI=1S/C22H25ClN2/c1-4-25(16-15-23)18-12-9-17(10-13-18)11-14-21-22(2,3)19-7-5-6-8-20(19)24-21/h5-14H,4,15-16H2,1-3H3. The van der Waals surface area contributed by atoms with Gasteiger partial charge in [-0.15, -0.1) is 11.6 Å². The number of nitrogens with zero attached hydrogens (tertiary/aromatic N) is 2. The molecule has 0 aromatic heterocycles. The fourth-order valence-corrected chi connectivity index (χ4v) is 3.50. The minimum atomic E-state index is -0.0492. The Kier molecular flexibility index (Phi) is 5.29. The van der Waals surface area contributed by atoms with Gasteiger partial charge in [0.1, 0.15) is 0 Å². The molecular formula is C22H25ClN2. The molecule has 3 rings (SSSR count). The predicted octanol–water partition coefficient (Wildman–Crippen LogP) is 5.83. The molecule has 130 valence electrons. The minimum absolute atomic E-state index is 0.0492. The van der Waals surface area contributed by atoms with E-state index < -0.39 is 0 Å². The number of rotatable bonds is 6. The van der Waals surface area contributed by atoms with Crippen molar-refractivity contribution in [3.05, 3.63) is 65.7 Å². The smallest absolute Gasteiger partial charge is 0.0674 e. The number of hydrogen-bond donors (Lipinski definition) is 0. The lowest BCUT2D eigenvalue weighted by atomic mass is 9.81. The normalized spacial score (nSPS) is 15.3. The summed E-state index contributed by atoms with van der Waals surface area (Å²) in [7, 11) is 0. The van der Waals surface area contributed by atoms with Gasteiger partial charge in [-0.2, -0.15) is 0 Å². The zero-order valence-electron chi connectivity index (χ0n) is 15.2. The second-order valence-electron chi connectivity index (χ2n) is 6.83. The summed E-state index contributed by atoms with van der Waals surface area (Å²) in [4.78, 5) is 7.09. The molecule has 0 saturated carbocycles. The lowest BCUT2D eigenvalue weighted by Gasteiger charge is -2.22. The molecule has 25 heavy (non-hydrogen) atoms. The summed E-state index contributed by atoms with van der Waals surface area (Å²) in [5, 5.41) is 0. The molecule has 0 amide bonds. The van der Waals surface area contributed by atoms with E-state index in [1.807, 2.05) is 6.07 Å². The van der Waals surface area contributed by atoms with Crippen LogP contribution in [0.3, 0.4) is 0 Å². The molecule has 0 atom stereocenters. The summed E-state index contributed by atoms with van der Waals surface area (Å²) < 4.78 is 0. The third kappa shape index (κ3) is 3.64. The zero-order chi connectivity index (χ0) is 17.9. The summed E-state index contributed by atoms with van der Waals surface area (Å²) in [6.45, 7) is 8.45. The van der Waals surface area contributed by atoms with Gasteiger partial charge in [0.2, 0.25) is 0 Å². The van der Waals surface area contributed by atoms with Crippen LogP contribution in [0.2, 0.25) is 0 Å². The van der Waals surface area contributed by atoms with E-state index in [1.54, 1.807) is 0 Å². The van der Waals surface area contributed by atoms with Gasteiger partial charge in [0.05, 0.1) is 11.4 Å². The van der Waals surface area contributed by atoms with Gasteiger partial charge >= 0.3 is 0 Å². The Labute approximate surface area is 155 Å². The van der Waals surface area contributed by atoms with Gasteiger partial charge < -0.3 is 4.90 Å². The molecule has 1 heterocycles. The Morgan fingerprint density at radius 3 is 2.40 bits per heavy atom. The Balaban J connectivity index is 1.77. The van der Waals surface area contributed by atoms with Crippen LogP contribution in [0.4, 0.5) is 11.4 Å². The van der Waals surface area contributed by atoms with Gasteiger partial charge in [0, 0.05) is 30.1 Å². The molecule has 1 aliphatic heterocycles. The average molecular weight is 353 g/mol. The average Bonchev–Trinajstić information content (AvgIpc) is 2.89. The highest BCUT2D eigenvalue weighted by atomic mass is 35.5. The largest absolute Gasteiger partial charge is 0.371 e. The number of aliphatic imine (C=N–C) groups is 1. The van der Waals surface area contributed by atoms with Crippen molar-refractivity contribution in [3.8, 4) is 0 Å². The third-order valence-electron chi connectivity index (χ3n) is 4.89. The molecule has 0 N–H and O–H groups in total. The van der Waals surface area contributed by atoms with Crippen molar-refractivity contribution >= 4 is 34.8 Å². The first-order valence-electron chi connectivity index (χ1n) is 8.84. The number of benzene rings is 2. The van der Waals surface area contributed by atoms with Crippen LogP contribution in [0.5, 0.6) is 0 Å². The number of hydrogen-bond acceptors (Lipinski definition) is 2. The van der Waals surface area contributed by atoms with E-state index in [9.17, 15) is 0 Å². The van der Waals surface area contributed by atoms with Gasteiger partial charge in [-0.25, -0.2) is 0 Å². The number of anilines is 1. The lowest BCUT2D eigenvalue weighted by molar-refractivity contribution is 0.740. The third-order valence-corrected chi connectivity index (χ3v) is 5.06. The van der Waals surface area contributed by atoms with E-state index in [-0.39, 0.29) is 5.41 Å². The zero-order valence-corrected chi connectivity index (χ0v) is 15.9. The van der Waals surface area contributed by atoms with Crippen molar-refractivity contribution in [2.24, 2.45) is 4.99 Å². The molecule has 3 heteroatoms. The molecule has 0 radical (unpaired) electrons. The maximum absolute atomic E-state index is 5.88. The second kappa shape index (κ2) is 7.45. The quantitative estimate of drug-likeness (QED) is 0.597. The van der Waals surface area contributed by atoms with Gasteiger partial charge in [-0.3, -0.25) is 4.99 Å². The molecule has 2 aromatic carbocycles. The molecule has 0 unspecified atom stereocenters. The Morgan fingerprint density at radius 2 is 1.76 bits per heavy atom. The van der Waals surface area contributed by atoms with E-state index in [4.69, 9.17) is 16.6 Å². The van der Waals surface area contributed by atoms with Gasteiger partial charge in [-0.05, 0) is 42.3 Å². The van der Waals surface area contributed by atoms with Crippen molar-refractivity contribution in [1.82, 2.24) is 0 Å². The lowest BCUT2D eigenvalue weighted by Crippen LogP contribution is -2.24. The van der Waals surface area contributed by atoms with Crippen molar-refractivity contribution in [2.75, 3.05) is 23.9 Å². The highest BCUT2D eigenvalue weighted by Crippen LogP contribution is 2.40. The van der Waals surface area contributed by atoms with Crippen LogP contribution in [0.1, 0.15) is 31.9 Å². The Bertz CT molecular complexity index is 788. The molecule has 0 bridgehead atoms. The second-order valence-corrected chi connectivity index (χ2v) is 7.21. The maximum atomic E-state index is 5.88. The molecule has 0 fully saturated rings. The predicted molar refractivity (Wildman–Crippen MR) is 111 cm³/mol. The summed E-state index contributed by atoms with van der Waals surface area (Å²) in [6.07, 6.45) is 4.29. The summed E-state index contributed by atoms with van der Waals surface area (Å²) in [6, 6.07) is 17.0.